The molecule has 1 aliphatic rings. The minimum Gasteiger partial charge on any atom is -0.389 e. The van der Waals surface area contributed by atoms with E-state index in [1.807, 2.05) is 0 Å². The zero-order chi connectivity index (χ0) is 10.6. The van der Waals surface area contributed by atoms with E-state index in [0.29, 0.717) is 19.3 Å². The summed E-state index contributed by atoms with van der Waals surface area (Å²) in [5.41, 5.74) is -1.46. The average molecular weight is 200 g/mol. The number of ketones is 1. The highest BCUT2D eigenvalue weighted by molar-refractivity contribution is 5.87. The first kappa shape index (κ1) is 11.4. The van der Waals surface area contributed by atoms with E-state index >= 15 is 0 Å². The van der Waals surface area contributed by atoms with Crippen LogP contribution in [0.25, 0.3) is 0 Å². The maximum atomic E-state index is 11.3. The van der Waals surface area contributed by atoms with Crippen LogP contribution in [-0.2, 0) is 4.79 Å². The van der Waals surface area contributed by atoms with Crippen LogP contribution in [0, 0.1) is 0 Å². The largest absolute Gasteiger partial charge is 0.389 e. The van der Waals surface area contributed by atoms with Crippen molar-refractivity contribution in [2.24, 2.45) is 0 Å². The van der Waals surface area contributed by atoms with Crippen LogP contribution < -0.4 is 0 Å². The molecule has 0 aromatic heterocycles. The smallest absolute Gasteiger partial charge is 0.189 e. The van der Waals surface area contributed by atoms with Crippen LogP contribution in [0.4, 0.5) is 0 Å². The third kappa shape index (κ3) is 2.64. The lowest BCUT2D eigenvalue weighted by atomic mass is 9.85. The molecular weight excluding hydrogens is 184 g/mol. The van der Waals surface area contributed by atoms with E-state index in [0.717, 1.165) is 0 Å². The molecule has 0 aromatic carbocycles. The van der Waals surface area contributed by atoms with Gasteiger partial charge >= 0.3 is 0 Å². The van der Waals surface area contributed by atoms with Crippen molar-refractivity contribution in [2.75, 3.05) is 6.61 Å². The van der Waals surface area contributed by atoms with Gasteiger partial charge in [0.2, 0.25) is 0 Å². The number of aliphatic hydroxyl groups is 3. The molecule has 0 radical (unpaired) electrons. The molecule has 0 heterocycles. The van der Waals surface area contributed by atoms with Gasteiger partial charge in [-0.15, -0.1) is 0 Å². The fourth-order valence-electron chi connectivity index (χ4n) is 1.61. The zero-order valence-corrected chi connectivity index (χ0v) is 8.02. The molecule has 0 aliphatic heterocycles. The average Bonchev–Trinajstić information content (AvgIpc) is 2.18. The Bertz CT molecular complexity index is 236. The Hall–Kier alpha value is -0.710. The van der Waals surface area contributed by atoms with Crippen molar-refractivity contribution in [2.45, 2.75) is 37.4 Å². The molecule has 0 saturated heterocycles. The molecule has 2 atom stereocenters. The van der Waals surface area contributed by atoms with Crippen molar-refractivity contribution in [3.05, 3.63) is 12.2 Å². The number of rotatable bonds is 2. The number of Topliss-reactive ketones (excluding diaryl/α,β-unsaturated/α-hetero) is 1. The summed E-state index contributed by atoms with van der Waals surface area (Å²) in [6.45, 7) is -0.643. The molecule has 0 saturated carbocycles. The molecule has 0 fully saturated rings. The van der Waals surface area contributed by atoms with Gasteiger partial charge in [-0.2, -0.15) is 0 Å². The van der Waals surface area contributed by atoms with E-state index in [1.165, 1.54) is 0 Å². The highest BCUT2D eigenvalue weighted by Crippen LogP contribution is 2.24. The Balaban J connectivity index is 2.69. The van der Waals surface area contributed by atoms with Crippen molar-refractivity contribution < 1.29 is 20.1 Å². The van der Waals surface area contributed by atoms with Gasteiger partial charge in [0.15, 0.2) is 5.78 Å². The predicted octanol–water partition coefficient (Wildman–Crippen LogP) is -0.230. The Labute approximate surface area is 82.9 Å². The summed E-state index contributed by atoms with van der Waals surface area (Å²) < 4.78 is 0. The van der Waals surface area contributed by atoms with Gasteiger partial charge in [0.1, 0.15) is 12.2 Å². The summed E-state index contributed by atoms with van der Waals surface area (Å²) in [4.78, 5) is 11.3. The van der Waals surface area contributed by atoms with E-state index < -0.39 is 24.1 Å². The highest BCUT2D eigenvalue weighted by atomic mass is 16.3. The number of carbonyl (C=O) groups is 1. The second-order valence-electron chi connectivity index (χ2n) is 3.69. The Morgan fingerprint density at radius 1 is 1.50 bits per heavy atom. The van der Waals surface area contributed by atoms with E-state index in [9.17, 15) is 15.0 Å². The second kappa shape index (κ2) is 4.68. The predicted molar refractivity (Wildman–Crippen MR) is 50.7 cm³/mol. The molecule has 0 bridgehead atoms. The molecule has 1 aliphatic carbocycles. The summed E-state index contributed by atoms with van der Waals surface area (Å²) in [5, 5.41) is 27.9. The highest BCUT2D eigenvalue weighted by Gasteiger charge is 2.34. The van der Waals surface area contributed by atoms with Crippen molar-refractivity contribution in [3.8, 4) is 0 Å². The lowest BCUT2D eigenvalue weighted by Gasteiger charge is -2.27. The first-order chi connectivity index (χ1) is 6.58. The lowest BCUT2D eigenvalue weighted by Crippen LogP contribution is -2.41. The molecule has 0 spiro atoms. The normalized spacial score (nSPS) is 35.8. The van der Waals surface area contributed by atoms with E-state index in [2.05, 4.69) is 0 Å². The fourth-order valence-corrected chi connectivity index (χ4v) is 1.61. The number of allylic oxidation sites excluding steroid dienone is 1. The van der Waals surface area contributed by atoms with Crippen molar-refractivity contribution in [3.63, 3.8) is 0 Å². The lowest BCUT2D eigenvalue weighted by molar-refractivity contribution is -0.142. The van der Waals surface area contributed by atoms with E-state index in [4.69, 9.17) is 5.11 Å². The number of carbonyl (C=O) groups excluding carboxylic acids is 1. The molecule has 4 heteroatoms. The van der Waals surface area contributed by atoms with Crippen LogP contribution in [0.3, 0.4) is 0 Å². The van der Waals surface area contributed by atoms with Crippen molar-refractivity contribution >= 4 is 5.78 Å². The van der Waals surface area contributed by atoms with Gasteiger partial charge in [-0.25, -0.2) is 0 Å². The molecule has 0 aromatic rings. The van der Waals surface area contributed by atoms with Gasteiger partial charge in [0.25, 0.3) is 0 Å². The quantitative estimate of drug-likeness (QED) is 0.538. The third-order valence-corrected chi connectivity index (χ3v) is 2.60. The maximum absolute atomic E-state index is 11.3. The van der Waals surface area contributed by atoms with Gasteiger partial charge in [0.05, 0.1) is 6.10 Å². The van der Waals surface area contributed by atoms with Crippen LogP contribution in [0.15, 0.2) is 12.2 Å². The SMILES string of the molecule is O=C(CO)[C@]1(O)CC/C=C/[C@H](O)CC1. The molecule has 1 rings (SSSR count). The third-order valence-electron chi connectivity index (χ3n) is 2.60. The van der Waals surface area contributed by atoms with Crippen LogP contribution in [-0.4, -0.2) is 39.4 Å². The Morgan fingerprint density at radius 3 is 2.86 bits per heavy atom. The second-order valence-corrected chi connectivity index (χ2v) is 3.69. The monoisotopic (exact) mass is 200 g/mol. The standard InChI is InChI=1S/C10H16O4/c11-7-9(13)10(14)5-2-1-3-8(12)4-6-10/h1,3,8,11-12,14H,2,4-7H2/b3-1+/t8-,10-/m0/s1. The summed E-state index contributed by atoms with van der Waals surface area (Å²) in [6, 6.07) is 0. The molecular formula is C10H16O4. The van der Waals surface area contributed by atoms with E-state index in [1.54, 1.807) is 12.2 Å². The number of hydrogen-bond acceptors (Lipinski definition) is 4. The number of hydrogen-bond donors (Lipinski definition) is 3. The Kier molecular flexibility index (Phi) is 3.80. The molecule has 0 amide bonds. The van der Waals surface area contributed by atoms with Gasteiger partial charge in [-0.05, 0) is 25.7 Å². The van der Waals surface area contributed by atoms with Crippen molar-refractivity contribution in [1.29, 1.82) is 0 Å². The molecule has 3 N–H and O–H groups in total. The van der Waals surface area contributed by atoms with Crippen LogP contribution in [0.5, 0.6) is 0 Å². The summed E-state index contributed by atoms with van der Waals surface area (Å²) in [7, 11) is 0. The minimum atomic E-state index is -1.46. The van der Waals surface area contributed by atoms with Crippen molar-refractivity contribution in [1.82, 2.24) is 0 Å². The van der Waals surface area contributed by atoms with Crippen LogP contribution in [0.1, 0.15) is 25.7 Å². The maximum Gasteiger partial charge on any atom is 0.189 e. The fraction of sp³-hybridized carbons (Fsp3) is 0.700. The first-order valence-corrected chi connectivity index (χ1v) is 4.80. The van der Waals surface area contributed by atoms with Crippen LogP contribution >= 0.6 is 0 Å². The number of aliphatic hydroxyl groups excluding tert-OH is 2. The van der Waals surface area contributed by atoms with E-state index in [-0.39, 0.29) is 6.42 Å². The summed E-state index contributed by atoms with van der Waals surface area (Å²) >= 11 is 0. The topological polar surface area (TPSA) is 77.8 Å². The van der Waals surface area contributed by atoms with Crippen LogP contribution in [0.2, 0.25) is 0 Å². The Morgan fingerprint density at radius 2 is 2.21 bits per heavy atom. The molecule has 0 unspecified atom stereocenters. The zero-order valence-electron chi connectivity index (χ0n) is 8.02. The summed E-state index contributed by atoms with van der Waals surface area (Å²) in [6.07, 6.45) is 4.22. The summed E-state index contributed by atoms with van der Waals surface area (Å²) in [5.74, 6) is -0.556. The van der Waals surface area contributed by atoms with Gasteiger partial charge in [-0.1, -0.05) is 12.2 Å². The first-order valence-electron chi connectivity index (χ1n) is 4.80. The molecule has 80 valence electrons. The molecule has 4 nitrogen and oxygen atoms in total. The van der Waals surface area contributed by atoms with Gasteiger partial charge in [-0.3, -0.25) is 4.79 Å². The van der Waals surface area contributed by atoms with Gasteiger partial charge in [0, 0.05) is 0 Å². The minimum absolute atomic E-state index is 0.206. The molecule has 14 heavy (non-hydrogen) atoms. The van der Waals surface area contributed by atoms with Gasteiger partial charge < -0.3 is 15.3 Å².